The number of imidazole rings is 1. The number of nitro benzene ring substituents is 1. The Morgan fingerprint density at radius 2 is 2.31 bits per heavy atom. The van der Waals surface area contributed by atoms with Crippen molar-refractivity contribution in [3.05, 3.63) is 33.0 Å². The smallest absolute Gasteiger partial charge is 0.285 e. The summed E-state index contributed by atoms with van der Waals surface area (Å²) >= 11 is 3.14. The third kappa shape index (κ3) is 1.19. The van der Waals surface area contributed by atoms with E-state index in [2.05, 4.69) is 25.9 Å². The third-order valence-corrected chi connectivity index (χ3v) is 2.49. The number of halogens is 1. The van der Waals surface area contributed by atoms with Crippen molar-refractivity contribution >= 4 is 32.7 Å². The number of H-pyrrole nitrogens is 1. The van der Waals surface area contributed by atoms with E-state index in [1.165, 1.54) is 12.4 Å². The number of fused-ring (bicyclic) bond motifs is 1. The first-order valence-electron chi connectivity index (χ1n) is 3.46. The number of nitrogens with one attached hydrogen (secondary N) is 1. The fourth-order valence-corrected chi connectivity index (χ4v) is 1.70. The third-order valence-electron chi connectivity index (χ3n) is 1.71. The zero-order chi connectivity index (χ0) is 9.42. The lowest BCUT2D eigenvalue weighted by atomic mass is 10.3. The summed E-state index contributed by atoms with van der Waals surface area (Å²) in [7, 11) is 0. The van der Waals surface area contributed by atoms with Crippen LogP contribution in [-0.2, 0) is 0 Å². The van der Waals surface area contributed by atoms with Gasteiger partial charge in [0.2, 0.25) is 0 Å². The predicted molar refractivity (Wildman–Crippen MR) is 50.4 cm³/mol. The highest BCUT2D eigenvalue weighted by atomic mass is 79.9. The number of nitrogens with zero attached hydrogens (tertiary/aromatic N) is 2. The van der Waals surface area contributed by atoms with Crippen molar-refractivity contribution < 1.29 is 4.92 Å². The van der Waals surface area contributed by atoms with Crippen LogP contribution in [0.3, 0.4) is 0 Å². The number of aromatic nitrogens is 2. The fourth-order valence-electron chi connectivity index (χ4n) is 1.10. The summed E-state index contributed by atoms with van der Waals surface area (Å²) in [6.07, 6.45) is 1.50. The molecule has 0 atom stereocenters. The molecule has 0 unspecified atom stereocenters. The molecule has 1 aromatic carbocycles. The lowest BCUT2D eigenvalue weighted by Crippen LogP contribution is -1.89. The van der Waals surface area contributed by atoms with E-state index in [0.717, 1.165) is 5.52 Å². The molecular formula is C7H4BrN3O2. The first kappa shape index (κ1) is 8.18. The molecule has 0 saturated heterocycles. The maximum Gasteiger partial charge on any atom is 0.285 e. The van der Waals surface area contributed by atoms with Crippen molar-refractivity contribution in [2.24, 2.45) is 0 Å². The molecule has 1 heterocycles. The van der Waals surface area contributed by atoms with Gasteiger partial charge in [-0.05, 0) is 22.0 Å². The largest absolute Gasteiger partial charge is 0.345 e. The number of hydrogen-bond acceptors (Lipinski definition) is 3. The number of nitro groups is 1. The summed E-state index contributed by atoms with van der Waals surface area (Å²) in [5.41, 5.74) is 1.38. The normalized spacial score (nSPS) is 10.5. The van der Waals surface area contributed by atoms with Gasteiger partial charge in [-0.25, -0.2) is 4.98 Å². The second-order valence-corrected chi connectivity index (χ2v) is 3.25. The van der Waals surface area contributed by atoms with E-state index < -0.39 is 4.92 Å². The van der Waals surface area contributed by atoms with E-state index in [1.54, 1.807) is 6.07 Å². The predicted octanol–water partition coefficient (Wildman–Crippen LogP) is 2.23. The molecule has 0 saturated carbocycles. The van der Waals surface area contributed by atoms with Gasteiger partial charge in [0.1, 0.15) is 9.99 Å². The van der Waals surface area contributed by atoms with Crippen molar-refractivity contribution in [3.8, 4) is 0 Å². The second kappa shape index (κ2) is 2.81. The van der Waals surface area contributed by atoms with Crippen LogP contribution in [0.2, 0.25) is 0 Å². The first-order chi connectivity index (χ1) is 6.20. The summed E-state index contributed by atoms with van der Waals surface area (Å²) in [6, 6.07) is 3.07. The van der Waals surface area contributed by atoms with Crippen LogP contribution in [0.15, 0.2) is 22.9 Å². The van der Waals surface area contributed by atoms with E-state index in [1.807, 2.05) is 0 Å². The summed E-state index contributed by atoms with van der Waals surface area (Å²) in [6.45, 7) is 0. The van der Waals surface area contributed by atoms with Crippen LogP contribution >= 0.6 is 15.9 Å². The molecule has 0 aliphatic carbocycles. The highest BCUT2D eigenvalue weighted by molar-refractivity contribution is 9.10. The molecule has 2 aromatic rings. The van der Waals surface area contributed by atoms with Gasteiger partial charge in [0.05, 0.1) is 16.8 Å². The maximum absolute atomic E-state index is 10.5. The van der Waals surface area contributed by atoms with Crippen molar-refractivity contribution in [2.75, 3.05) is 0 Å². The Labute approximate surface area is 81.1 Å². The van der Waals surface area contributed by atoms with Gasteiger partial charge in [-0.1, -0.05) is 0 Å². The average molecular weight is 242 g/mol. The molecule has 0 aliphatic rings. The Balaban J connectivity index is 2.80. The summed E-state index contributed by atoms with van der Waals surface area (Å²) in [5, 5.41) is 10.5. The molecular weight excluding hydrogens is 238 g/mol. The topological polar surface area (TPSA) is 71.8 Å². The van der Waals surface area contributed by atoms with Crippen molar-refractivity contribution in [3.63, 3.8) is 0 Å². The zero-order valence-corrected chi connectivity index (χ0v) is 7.91. The lowest BCUT2D eigenvalue weighted by Gasteiger charge is -1.94. The van der Waals surface area contributed by atoms with E-state index >= 15 is 0 Å². The van der Waals surface area contributed by atoms with Gasteiger partial charge in [0, 0.05) is 6.07 Å². The molecule has 0 fully saturated rings. The molecule has 6 heteroatoms. The number of aromatic amines is 1. The summed E-state index contributed by atoms with van der Waals surface area (Å²) in [5.74, 6) is 0. The number of rotatable bonds is 1. The summed E-state index contributed by atoms with van der Waals surface area (Å²) in [4.78, 5) is 16.9. The van der Waals surface area contributed by atoms with Crippen LogP contribution in [0.1, 0.15) is 0 Å². The van der Waals surface area contributed by atoms with Crippen molar-refractivity contribution in [2.45, 2.75) is 0 Å². The number of benzene rings is 1. The molecule has 0 bridgehead atoms. The van der Waals surface area contributed by atoms with E-state index in [9.17, 15) is 10.1 Å². The fraction of sp³-hybridized carbons (Fsp3) is 0. The Bertz CT molecular complexity index is 480. The minimum Gasteiger partial charge on any atom is -0.345 e. The first-order valence-corrected chi connectivity index (χ1v) is 4.25. The van der Waals surface area contributed by atoms with Crippen molar-refractivity contribution in [1.82, 2.24) is 9.97 Å². The zero-order valence-electron chi connectivity index (χ0n) is 6.32. The van der Waals surface area contributed by atoms with Gasteiger partial charge in [0.15, 0.2) is 0 Å². The molecule has 5 nitrogen and oxygen atoms in total. The Hall–Kier alpha value is -1.43. The minimum absolute atomic E-state index is 0.0274. The van der Waals surface area contributed by atoms with Gasteiger partial charge in [-0.2, -0.15) is 0 Å². The highest BCUT2D eigenvalue weighted by Crippen LogP contribution is 2.30. The standard InChI is InChI=1S/C7H4BrN3O2/c8-6-5(11(12)13)2-1-4-7(6)10-3-9-4/h1-3H,(H,9,10). The van der Waals surface area contributed by atoms with Gasteiger partial charge in [0.25, 0.3) is 5.69 Å². The van der Waals surface area contributed by atoms with Gasteiger partial charge in [-0.15, -0.1) is 0 Å². The molecule has 0 radical (unpaired) electrons. The average Bonchev–Trinajstić information content (AvgIpc) is 2.52. The van der Waals surface area contributed by atoms with Crippen LogP contribution in [0.25, 0.3) is 11.0 Å². The molecule has 0 spiro atoms. The van der Waals surface area contributed by atoms with E-state index in [0.29, 0.717) is 9.99 Å². The molecule has 1 aromatic heterocycles. The lowest BCUT2D eigenvalue weighted by molar-refractivity contribution is -0.385. The maximum atomic E-state index is 10.5. The minimum atomic E-state index is -0.446. The van der Waals surface area contributed by atoms with Gasteiger partial charge < -0.3 is 4.98 Å². The molecule has 0 aliphatic heterocycles. The Morgan fingerprint density at radius 1 is 1.54 bits per heavy atom. The highest BCUT2D eigenvalue weighted by Gasteiger charge is 2.15. The monoisotopic (exact) mass is 241 g/mol. The van der Waals surface area contributed by atoms with Gasteiger partial charge in [-0.3, -0.25) is 10.1 Å². The molecule has 0 amide bonds. The van der Waals surface area contributed by atoms with Crippen LogP contribution in [0, 0.1) is 10.1 Å². The van der Waals surface area contributed by atoms with Crippen LogP contribution < -0.4 is 0 Å². The van der Waals surface area contributed by atoms with E-state index in [-0.39, 0.29) is 5.69 Å². The molecule has 1 N–H and O–H groups in total. The van der Waals surface area contributed by atoms with Crippen LogP contribution in [-0.4, -0.2) is 14.9 Å². The molecule has 13 heavy (non-hydrogen) atoms. The Kier molecular flexibility index (Phi) is 1.77. The molecule has 66 valence electrons. The van der Waals surface area contributed by atoms with Crippen molar-refractivity contribution in [1.29, 1.82) is 0 Å². The number of hydrogen-bond donors (Lipinski definition) is 1. The molecule has 2 rings (SSSR count). The quantitative estimate of drug-likeness (QED) is 0.615. The second-order valence-electron chi connectivity index (χ2n) is 2.45. The van der Waals surface area contributed by atoms with Crippen LogP contribution in [0.4, 0.5) is 5.69 Å². The van der Waals surface area contributed by atoms with E-state index in [4.69, 9.17) is 0 Å². The van der Waals surface area contributed by atoms with Gasteiger partial charge >= 0.3 is 0 Å². The Morgan fingerprint density at radius 3 is 3.00 bits per heavy atom. The van der Waals surface area contributed by atoms with Crippen LogP contribution in [0.5, 0.6) is 0 Å². The summed E-state index contributed by atoms with van der Waals surface area (Å²) < 4.78 is 0.413. The SMILES string of the molecule is O=[N+]([O-])c1ccc2[nH]cnc2c1Br.